The Hall–Kier alpha value is -3.43. The number of morpholine rings is 1. The van der Waals surface area contributed by atoms with Crippen LogP contribution in [0.15, 0.2) is 36.5 Å². The lowest BCUT2D eigenvalue weighted by Crippen LogP contribution is -2.43. The molecule has 1 aliphatic heterocycles. The molecule has 172 valence electrons. The molecule has 33 heavy (non-hydrogen) atoms. The second kappa shape index (κ2) is 10.0. The molecule has 3 aromatic rings. The van der Waals surface area contributed by atoms with Gasteiger partial charge in [0.25, 0.3) is 11.8 Å². The molecule has 2 aromatic heterocycles. The zero-order valence-electron chi connectivity index (χ0n) is 19.0. The van der Waals surface area contributed by atoms with E-state index in [0.29, 0.717) is 66.7 Å². The number of rotatable bonds is 6. The van der Waals surface area contributed by atoms with Crippen LogP contribution in [0.1, 0.15) is 44.0 Å². The third-order valence-electron chi connectivity index (χ3n) is 5.59. The molecule has 1 aromatic carbocycles. The van der Waals surface area contributed by atoms with Crippen molar-refractivity contribution in [2.45, 2.75) is 20.0 Å². The quantitative estimate of drug-likeness (QED) is 0.575. The number of carbonyl (C=O) groups is 2. The maximum absolute atomic E-state index is 13.1. The second-order valence-corrected chi connectivity index (χ2v) is 7.89. The number of carbonyl (C=O) groups excluding carboxylic acids is 2. The number of fused-ring (bicyclic) bond motifs is 1. The zero-order valence-corrected chi connectivity index (χ0v) is 19.0. The number of hydrogen-bond acceptors (Lipinski definition) is 7. The molecule has 1 fully saturated rings. The maximum Gasteiger partial charge on any atom is 0.257 e. The van der Waals surface area contributed by atoms with Crippen molar-refractivity contribution in [1.82, 2.24) is 25.2 Å². The second-order valence-electron chi connectivity index (χ2n) is 7.89. The standard InChI is InChI=1S/C24H27N5O4/c1-15-19(13-26-16(2)27-15)24(31)29-9-11-33-22(14-29)21-12-18(23(30)25-8-10-32-3)17-6-4-5-7-20(17)28-21/h4-7,12-13,22H,8-11,14H2,1-3H3,(H,25,30)/t22-/m0/s1. The largest absolute Gasteiger partial charge is 0.383 e. The Morgan fingerprint density at radius 3 is 2.82 bits per heavy atom. The maximum atomic E-state index is 13.1. The molecular formula is C24H27N5O4. The molecule has 0 bridgehead atoms. The van der Waals surface area contributed by atoms with Gasteiger partial charge in [0.2, 0.25) is 0 Å². The molecule has 4 rings (SSSR count). The highest BCUT2D eigenvalue weighted by Crippen LogP contribution is 2.27. The molecule has 3 heterocycles. The number of benzene rings is 1. The molecule has 0 unspecified atom stereocenters. The van der Waals surface area contributed by atoms with Gasteiger partial charge in [-0.2, -0.15) is 0 Å². The molecule has 2 amide bonds. The van der Waals surface area contributed by atoms with Gasteiger partial charge in [-0.25, -0.2) is 15.0 Å². The van der Waals surface area contributed by atoms with Gasteiger partial charge in [0, 0.05) is 31.8 Å². The number of nitrogens with zero attached hydrogens (tertiary/aromatic N) is 4. The molecule has 9 heteroatoms. The van der Waals surface area contributed by atoms with E-state index in [-0.39, 0.29) is 11.8 Å². The fourth-order valence-electron chi connectivity index (χ4n) is 3.89. The molecule has 1 saturated heterocycles. The average molecular weight is 450 g/mol. The minimum Gasteiger partial charge on any atom is -0.383 e. The van der Waals surface area contributed by atoms with E-state index in [2.05, 4.69) is 15.3 Å². The monoisotopic (exact) mass is 449 g/mol. The predicted octanol–water partition coefficient (Wildman–Crippen LogP) is 2.23. The Morgan fingerprint density at radius 1 is 1.21 bits per heavy atom. The Balaban J connectivity index is 1.61. The van der Waals surface area contributed by atoms with Gasteiger partial charge in [0.05, 0.1) is 47.8 Å². The van der Waals surface area contributed by atoms with Crippen molar-refractivity contribution in [2.75, 3.05) is 40.0 Å². The van der Waals surface area contributed by atoms with Crippen LogP contribution >= 0.6 is 0 Å². The van der Waals surface area contributed by atoms with Gasteiger partial charge >= 0.3 is 0 Å². The minimum atomic E-state index is -0.454. The van der Waals surface area contributed by atoms with Gasteiger partial charge in [0.15, 0.2) is 0 Å². The zero-order chi connectivity index (χ0) is 23.4. The highest BCUT2D eigenvalue weighted by atomic mass is 16.5. The van der Waals surface area contributed by atoms with E-state index in [1.807, 2.05) is 24.3 Å². The summed E-state index contributed by atoms with van der Waals surface area (Å²) in [5.74, 6) is 0.280. The lowest BCUT2D eigenvalue weighted by Gasteiger charge is -2.33. The number of amides is 2. The van der Waals surface area contributed by atoms with Crippen molar-refractivity contribution in [1.29, 1.82) is 0 Å². The van der Waals surface area contributed by atoms with Crippen molar-refractivity contribution in [3.05, 3.63) is 64.9 Å². The minimum absolute atomic E-state index is 0.140. The van der Waals surface area contributed by atoms with Crippen LogP contribution in [0.2, 0.25) is 0 Å². The van der Waals surface area contributed by atoms with E-state index >= 15 is 0 Å². The summed E-state index contributed by atoms with van der Waals surface area (Å²) in [6, 6.07) is 9.24. The highest BCUT2D eigenvalue weighted by Gasteiger charge is 2.29. The average Bonchev–Trinajstić information content (AvgIpc) is 2.83. The third kappa shape index (κ3) is 4.99. The Bertz CT molecular complexity index is 1180. The number of nitrogens with one attached hydrogen (secondary N) is 1. The van der Waals surface area contributed by atoms with Crippen LogP contribution in [0, 0.1) is 13.8 Å². The van der Waals surface area contributed by atoms with Crippen LogP contribution < -0.4 is 5.32 Å². The summed E-state index contributed by atoms with van der Waals surface area (Å²) >= 11 is 0. The van der Waals surface area contributed by atoms with Crippen LogP contribution in [-0.4, -0.2) is 71.6 Å². The summed E-state index contributed by atoms with van der Waals surface area (Å²) in [4.78, 5) is 41.0. The number of aryl methyl sites for hydroxylation is 2. The van der Waals surface area contributed by atoms with Crippen LogP contribution in [-0.2, 0) is 9.47 Å². The topological polar surface area (TPSA) is 107 Å². The van der Waals surface area contributed by atoms with Crippen molar-refractivity contribution < 1.29 is 19.1 Å². The first kappa shape index (κ1) is 22.8. The van der Waals surface area contributed by atoms with Crippen LogP contribution in [0.5, 0.6) is 0 Å². The van der Waals surface area contributed by atoms with Gasteiger partial charge < -0.3 is 19.7 Å². The van der Waals surface area contributed by atoms with Crippen LogP contribution in [0.4, 0.5) is 0 Å². The Kier molecular flexibility index (Phi) is 6.90. The van der Waals surface area contributed by atoms with Crippen LogP contribution in [0.25, 0.3) is 10.9 Å². The number of hydrogen-bond donors (Lipinski definition) is 1. The van der Waals surface area contributed by atoms with E-state index < -0.39 is 6.10 Å². The molecule has 0 spiro atoms. The van der Waals surface area contributed by atoms with Crippen LogP contribution in [0.3, 0.4) is 0 Å². The van der Waals surface area contributed by atoms with E-state index in [9.17, 15) is 9.59 Å². The molecule has 0 saturated carbocycles. The summed E-state index contributed by atoms with van der Waals surface area (Å²) < 4.78 is 11.0. The predicted molar refractivity (Wildman–Crippen MR) is 122 cm³/mol. The molecule has 1 N–H and O–H groups in total. The summed E-state index contributed by atoms with van der Waals surface area (Å²) in [7, 11) is 1.59. The number of aromatic nitrogens is 3. The molecule has 9 nitrogen and oxygen atoms in total. The van der Waals surface area contributed by atoms with E-state index in [4.69, 9.17) is 14.5 Å². The van der Waals surface area contributed by atoms with Gasteiger partial charge in [-0.05, 0) is 26.0 Å². The molecule has 1 aliphatic rings. The highest BCUT2D eigenvalue weighted by molar-refractivity contribution is 6.06. The summed E-state index contributed by atoms with van der Waals surface area (Å²) in [5.41, 5.74) is 2.95. The number of pyridine rings is 1. The normalized spacial score (nSPS) is 16.1. The Labute approximate surface area is 192 Å². The fraction of sp³-hybridized carbons (Fsp3) is 0.375. The first-order valence-corrected chi connectivity index (χ1v) is 10.9. The summed E-state index contributed by atoms with van der Waals surface area (Å²) in [5, 5.41) is 3.63. The Morgan fingerprint density at radius 2 is 2.03 bits per heavy atom. The fourth-order valence-corrected chi connectivity index (χ4v) is 3.89. The number of methoxy groups -OCH3 is 1. The molecule has 1 atom stereocenters. The smallest absolute Gasteiger partial charge is 0.257 e. The third-order valence-corrected chi connectivity index (χ3v) is 5.59. The SMILES string of the molecule is COCCNC(=O)c1cc([C@@H]2CN(C(=O)c3cnc(C)nc3C)CCO2)nc2ccccc12. The van der Waals surface area contributed by atoms with Crippen molar-refractivity contribution in [3.8, 4) is 0 Å². The van der Waals surface area contributed by atoms with E-state index in [0.717, 1.165) is 5.39 Å². The molecular weight excluding hydrogens is 422 g/mol. The lowest BCUT2D eigenvalue weighted by atomic mass is 10.0. The van der Waals surface area contributed by atoms with Crippen molar-refractivity contribution in [3.63, 3.8) is 0 Å². The first-order valence-electron chi connectivity index (χ1n) is 10.9. The summed E-state index contributed by atoms with van der Waals surface area (Å²) in [6.07, 6.45) is 1.12. The van der Waals surface area contributed by atoms with Gasteiger partial charge in [-0.1, -0.05) is 18.2 Å². The van der Waals surface area contributed by atoms with Crippen molar-refractivity contribution >= 4 is 22.7 Å². The first-order chi connectivity index (χ1) is 16.0. The molecule has 0 radical (unpaired) electrons. The van der Waals surface area contributed by atoms with Gasteiger partial charge in [0.1, 0.15) is 11.9 Å². The molecule has 0 aliphatic carbocycles. The summed E-state index contributed by atoms with van der Waals surface area (Å²) in [6.45, 7) is 5.57. The van der Waals surface area contributed by atoms with Gasteiger partial charge in [-0.3, -0.25) is 9.59 Å². The lowest BCUT2D eigenvalue weighted by molar-refractivity contribution is -0.0246. The van der Waals surface area contributed by atoms with Crippen molar-refractivity contribution in [2.24, 2.45) is 0 Å². The van der Waals surface area contributed by atoms with Gasteiger partial charge in [-0.15, -0.1) is 0 Å². The number of ether oxygens (including phenoxy) is 2. The van der Waals surface area contributed by atoms with E-state index in [1.165, 1.54) is 0 Å². The van der Waals surface area contributed by atoms with E-state index in [1.54, 1.807) is 38.1 Å². The number of para-hydroxylation sites is 1.